The lowest BCUT2D eigenvalue weighted by Crippen LogP contribution is -2.56. The molecule has 1 heterocycles. The number of aromatic hydroxyl groups is 1. The van der Waals surface area contributed by atoms with Gasteiger partial charge in [-0.15, -0.1) is 0 Å². The van der Waals surface area contributed by atoms with Crippen LogP contribution in [0.15, 0.2) is 24.3 Å². The van der Waals surface area contributed by atoms with Gasteiger partial charge in [0.1, 0.15) is 11.3 Å². The maximum absolute atomic E-state index is 13.4. The lowest BCUT2D eigenvalue weighted by molar-refractivity contribution is -0.138. The molecular weight excluding hydrogens is 344 g/mol. The molecule has 1 aromatic rings. The molecule has 1 amide bonds. The molecule has 4 aliphatic rings. The molecule has 3 saturated carbocycles. The molecule has 3 aliphatic carbocycles. The van der Waals surface area contributed by atoms with Crippen LogP contribution >= 0.6 is 0 Å². The Morgan fingerprint density at radius 1 is 1.26 bits per heavy atom. The zero-order valence-electron chi connectivity index (χ0n) is 16.0. The first kappa shape index (κ1) is 18.4. The van der Waals surface area contributed by atoms with Crippen molar-refractivity contribution in [1.29, 1.82) is 0 Å². The topological polar surface area (TPSA) is 81.1 Å². The first-order valence-corrected chi connectivity index (χ1v) is 9.86. The van der Waals surface area contributed by atoms with Gasteiger partial charge in [-0.1, -0.05) is 25.0 Å². The largest absolute Gasteiger partial charge is 0.508 e. The summed E-state index contributed by atoms with van der Waals surface area (Å²) in [4.78, 5) is 29.0. The highest BCUT2D eigenvalue weighted by Gasteiger charge is 2.59. The fourth-order valence-corrected chi connectivity index (χ4v) is 5.56. The van der Waals surface area contributed by atoms with Crippen LogP contribution in [0.1, 0.15) is 49.4 Å². The molecule has 0 radical (unpaired) electrons. The minimum atomic E-state index is -1.11. The number of carbonyl (C=O) groups is 2. The Kier molecular flexibility index (Phi) is 4.51. The van der Waals surface area contributed by atoms with E-state index in [4.69, 9.17) is 0 Å². The second-order valence-corrected chi connectivity index (χ2v) is 8.63. The quantitative estimate of drug-likeness (QED) is 0.792. The Labute approximate surface area is 159 Å². The fourth-order valence-electron chi connectivity index (χ4n) is 5.56. The highest BCUT2D eigenvalue weighted by atomic mass is 16.3. The van der Waals surface area contributed by atoms with Gasteiger partial charge in [0, 0.05) is 5.56 Å². The Bertz CT molecular complexity index is 758. The normalized spacial score (nSPS) is 36.4. The van der Waals surface area contributed by atoms with Crippen molar-refractivity contribution in [2.45, 2.75) is 50.9 Å². The Morgan fingerprint density at radius 2 is 1.96 bits per heavy atom. The van der Waals surface area contributed by atoms with Crippen LogP contribution < -0.4 is 0 Å². The average Bonchev–Trinajstić information content (AvgIpc) is 2.85. The molecule has 6 heteroatoms. The van der Waals surface area contributed by atoms with Gasteiger partial charge in [0.05, 0.1) is 6.54 Å². The van der Waals surface area contributed by atoms with E-state index in [0.29, 0.717) is 17.4 Å². The molecule has 5 rings (SSSR count). The summed E-state index contributed by atoms with van der Waals surface area (Å²) in [6, 6.07) is 6.09. The van der Waals surface area contributed by atoms with E-state index >= 15 is 0 Å². The van der Waals surface area contributed by atoms with E-state index in [2.05, 4.69) is 0 Å². The molecule has 4 fully saturated rings. The van der Waals surface area contributed by atoms with Gasteiger partial charge in [-0.3, -0.25) is 14.5 Å². The second kappa shape index (κ2) is 6.60. The number of aliphatic hydroxyl groups excluding tert-OH is 1. The summed E-state index contributed by atoms with van der Waals surface area (Å²) in [6.07, 6.45) is 4.73. The molecule has 1 saturated heterocycles. The smallest absolute Gasteiger partial charge is 0.246 e. The van der Waals surface area contributed by atoms with E-state index < -0.39 is 11.9 Å². The van der Waals surface area contributed by atoms with Crippen molar-refractivity contribution >= 4 is 11.7 Å². The Hall–Kier alpha value is -1.92. The van der Waals surface area contributed by atoms with Gasteiger partial charge in [0.2, 0.25) is 5.91 Å². The molecule has 0 spiro atoms. The zero-order valence-corrected chi connectivity index (χ0v) is 16.0. The van der Waals surface area contributed by atoms with Crippen LogP contribution in [-0.4, -0.2) is 57.2 Å². The molecule has 6 nitrogen and oxygen atoms in total. The van der Waals surface area contributed by atoms with Crippen molar-refractivity contribution < 1.29 is 19.8 Å². The minimum absolute atomic E-state index is 0.00864. The third-order valence-electron chi connectivity index (χ3n) is 7.30. The number of hydrogen-bond acceptors (Lipinski definition) is 5. The summed E-state index contributed by atoms with van der Waals surface area (Å²) in [6.45, 7) is 1.74. The number of Topliss-reactive ketones (excluding diaryl/α,β-unsaturated/α-hetero) is 1. The Morgan fingerprint density at radius 3 is 2.56 bits per heavy atom. The molecule has 1 aromatic carbocycles. The van der Waals surface area contributed by atoms with Crippen LogP contribution in [0, 0.1) is 17.8 Å². The van der Waals surface area contributed by atoms with Gasteiger partial charge in [0.25, 0.3) is 0 Å². The highest BCUT2D eigenvalue weighted by Crippen LogP contribution is 2.52. The molecule has 2 N–H and O–H groups in total. The average molecular weight is 372 g/mol. The molecule has 27 heavy (non-hydrogen) atoms. The molecule has 3 unspecified atom stereocenters. The third kappa shape index (κ3) is 2.86. The number of carbonyl (C=O) groups excluding carboxylic acids is 2. The number of fused-ring (bicyclic) bond motifs is 3. The van der Waals surface area contributed by atoms with Crippen LogP contribution in [0.2, 0.25) is 0 Å². The van der Waals surface area contributed by atoms with Crippen LogP contribution in [-0.2, 0) is 4.79 Å². The number of nitrogens with zero attached hydrogens (tertiary/aromatic N) is 2. The molecule has 146 valence electrons. The summed E-state index contributed by atoms with van der Waals surface area (Å²) >= 11 is 0. The number of phenols is 1. The van der Waals surface area contributed by atoms with E-state index in [1.165, 1.54) is 29.9 Å². The molecule has 0 aromatic heterocycles. The standard InChI is InChI=1S/C21H28N2O4/c1-21(17-10-13-6-8-14(17)9-7-13)19(26)23(20(27)22(21)2)12-18(25)15-4-3-5-16(24)11-15/h3-5,11,13-14,17,20,24,27H,6-10,12H2,1-2H3. The van der Waals surface area contributed by atoms with E-state index in [9.17, 15) is 19.8 Å². The molecule has 1 aliphatic heterocycles. The Balaban J connectivity index is 1.57. The third-order valence-corrected chi connectivity index (χ3v) is 7.30. The van der Waals surface area contributed by atoms with E-state index in [1.807, 2.05) is 6.92 Å². The maximum Gasteiger partial charge on any atom is 0.246 e. The van der Waals surface area contributed by atoms with Crippen molar-refractivity contribution in [3.63, 3.8) is 0 Å². The first-order chi connectivity index (χ1) is 12.8. The van der Waals surface area contributed by atoms with Crippen molar-refractivity contribution in [3.05, 3.63) is 29.8 Å². The van der Waals surface area contributed by atoms with Gasteiger partial charge in [-0.05, 0) is 63.1 Å². The van der Waals surface area contributed by atoms with Crippen molar-refractivity contribution in [1.82, 2.24) is 9.80 Å². The van der Waals surface area contributed by atoms with Crippen LogP contribution in [0.25, 0.3) is 0 Å². The lowest BCUT2D eigenvalue weighted by Gasteiger charge is -2.50. The monoisotopic (exact) mass is 372 g/mol. The number of likely N-dealkylation sites (N-methyl/N-ethyl adjacent to an activating group) is 1. The van der Waals surface area contributed by atoms with Crippen LogP contribution in [0.5, 0.6) is 5.75 Å². The second-order valence-electron chi connectivity index (χ2n) is 8.63. The van der Waals surface area contributed by atoms with E-state index in [-0.39, 0.29) is 29.9 Å². The van der Waals surface area contributed by atoms with E-state index in [1.54, 1.807) is 24.1 Å². The van der Waals surface area contributed by atoms with Gasteiger partial charge in [0.15, 0.2) is 12.1 Å². The number of aliphatic hydroxyl groups is 1. The van der Waals surface area contributed by atoms with Gasteiger partial charge >= 0.3 is 0 Å². The summed E-state index contributed by atoms with van der Waals surface area (Å²) in [5.41, 5.74) is -0.439. The first-order valence-electron chi connectivity index (χ1n) is 9.86. The number of hydrogen-bond donors (Lipinski definition) is 2. The van der Waals surface area contributed by atoms with Gasteiger partial charge < -0.3 is 10.2 Å². The summed E-state index contributed by atoms with van der Waals surface area (Å²) in [7, 11) is 1.78. The van der Waals surface area contributed by atoms with Gasteiger partial charge in [-0.2, -0.15) is 0 Å². The molecule has 2 bridgehead atoms. The summed E-state index contributed by atoms with van der Waals surface area (Å²) < 4.78 is 0. The van der Waals surface area contributed by atoms with Gasteiger partial charge in [-0.25, -0.2) is 4.90 Å². The van der Waals surface area contributed by atoms with E-state index in [0.717, 1.165) is 19.3 Å². The highest BCUT2D eigenvalue weighted by molar-refractivity contribution is 6.01. The number of ketones is 1. The molecular formula is C21H28N2O4. The molecule has 3 atom stereocenters. The van der Waals surface area contributed by atoms with Crippen molar-refractivity contribution in [3.8, 4) is 5.75 Å². The number of amides is 1. The predicted octanol–water partition coefficient (Wildman–Crippen LogP) is 2.21. The SMILES string of the molecule is CN1C(O)N(CC(=O)c2cccc(O)c2)C(=O)C1(C)C1CC2CCC1CC2. The number of phenolic OH excluding ortho intramolecular Hbond substituents is 1. The number of benzene rings is 1. The van der Waals surface area contributed by atoms with Crippen molar-refractivity contribution in [2.75, 3.05) is 13.6 Å². The van der Waals surface area contributed by atoms with Crippen LogP contribution in [0.3, 0.4) is 0 Å². The number of rotatable bonds is 4. The predicted molar refractivity (Wildman–Crippen MR) is 99.9 cm³/mol. The fraction of sp³-hybridized carbons (Fsp3) is 0.619. The van der Waals surface area contributed by atoms with Crippen LogP contribution in [0.4, 0.5) is 0 Å². The van der Waals surface area contributed by atoms with Crippen molar-refractivity contribution in [2.24, 2.45) is 17.8 Å². The minimum Gasteiger partial charge on any atom is -0.508 e. The zero-order chi connectivity index (χ0) is 19.3. The summed E-state index contributed by atoms with van der Waals surface area (Å²) in [5, 5.41) is 20.3. The summed E-state index contributed by atoms with van der Waals surface area (Å²) in [5.74, 6) is 0.968. The maximum atomic E-state index is 13.4. The lowest BCUT2D eigenvalue weighted by atomic mass is 9.59.